The van der Waals surface area contributed by atoms with Crippen molar-refractivity contribution in [2.75, 3.05) is 13.1 Å². The van der Waals surface area contributed by atoms with Gasteiger partial charge in [0, 0.05) is 6.54 Å². The van der Waals surface area contributed by atoms with Crippen LogP contribution in [-0.2, 0) is 9.59 Å². The predicted octanol–water partition coefficient (Wildman–Crippen LogP) is 0.133. The molecule has 15 heavy (non-hydrogen) atoms. The Morgan fingerprint density at radius 3 is 2.27 bits per heavy atom. The molecule has 0 aromatic heterocycles. The van der Waals surface area contributed by atoms with Crippen molar-refractivity contribution in [3.8, 4) is 0 Å². The van der Waals surface area contributed by atoms with Crippen molar-refractivity contribution in [3.63, 3.8) is 0 Å². The van der Waals surface area contributed by atoms with E-state index >= 15 is 0 Å². The van der Waals surface area contributed by atoms with Crippen molar-refractivity contribution < 1.29 is 9.59 Å². The maximum atomic E-state index is 12.1. The first-order chi connectivity index (χ1) is 7.29. The Hall–Kier alpha value is -0.900. The van der Waals surface area contributed by atoms with Crippen LogP contribution in [0.25, 0.3) is 0 Å². The number of hydrogen-bond acceptors (Lipinski definition) is 3. The van der Waals surface area contributed by atoms with Crippen LogP contribution in [0.3, 0.4) is 0 Å². The number of imide groups is 1. The third-order valence-electron chi connectivity index (χ3n) is 4.02. The average Bonchev–Trinajstić information content (AvgIpc) is 2.89. The second kappa shape index (κ2) is 3.30. The van der Waals surface area contributed by atoms with E-state index in [4.69, 9.17) is 0 Å². The highest BCUT2D eigenvalue weighted by Gasteiger charge is 2.51. The zero-order valence-electron chi connectivity index (χ0n) is 8.74. The van der Waals surface area contributed by atoms with Crippen molar-refractivity contribution in [2.24, 2.45) is 11.8 Å². The summed E-state index contributed by atoms with van der Waals surface area (Å²) in [4.78, 5) is 25.7. The highest BCUT2D eigenvalue weighted by molar-refractivity contribution is 6.05. The summed E-state index contributed by atoms with van der Waals surface area (Å²) in [5.74, 6) is 0.267. The fraction of sp³-hybridized carbons (Fsp3) is 0.818. The molecular weight excluding hydrogens is 192 g/mol. The molecule has 3 fully saturated rings. The van der Waals surface area contributed by atoms with E-state index in [9.17, 15) is 9.59 Å². The van der Waals surface area contributed by atoms with Gasteiger partial charge in [-0.2, -0.15) is 0 Å². The third kappa shape index (κ3) is 1.24. The number of rotatable bonds is 1. The minimum atomic E-state index is 0.0260. The number of hydrogen-bond donors (Lipinski definition) is 1. The van der Waals surface area contributed by atoms with Gasteiger partial charge in [0.2, 0.25) is 11.8 Å². The van der Waals surface area contributed by atoms with Crippen LogP contribution in [0, 0.1) is 11.8 Å². The van der Waals surface area contributed by atoms with Crippen LogP contribution < -0.4 is 5.32 Å². The van der Waals surface area contributed by atoms with E-state index in [0.717, 1.165) is 38.8 Å². The van der Waals surface area contributed by atoms with Crippen LogP contribution in [0.5, 0.6) is 0 Å². The van der Waals surface area contributed by atoms with E-state index in [0.29, 0.717) is 0 Å². The molecule has 2 heterocycles. The topological polar surface area (TPSA) is 49.4 Å². The first-order valence-electron chi connectivity index (χ1n) is 5.86. The molecular formula is C11H16N2O2. The van der Waals surface area contributed by atoms with Gasteiger partial charge < -0.3 is 5.32 Å². The number of nitrogens with zero attached hydrogens (tertiary/aromatic N) is 1. The summed E-state index contributed by atoms with van der Waals surface area (Å²) in [5.41, 5.74) is 0. The molecule has 0 bridgehead atoms. The smallest absolute Gasteiger partial charge is 0.233 e. The first-order valence-corrected chi connectivity index (χ1v) is 5.86. The molecule has 2 saturated heterocycles. The molecule has 82 valence electrons. The van der Waals surface area contributed by atoms with Crippen LogP contribution in [0.1, 0.15) is 25.7 Å². The van der Waals surface area contributed by atoms with Gasteiger partial charge in [-0.05, 0) is 25.8 Å². The maximum Gasteiger partial charge on any atom is 0.233 e. The normalized spacial score (nSPS) is 40.3. The molecule has 3 aliphatic rings. The number of likely N-dealkylation sites (tertiary alicyclic amines) is 1. The first kappa shape index (κ1) is 9.33. The van der Waals surface area contributed by atoms with Crippen molar-refractivity contribution in [3.05, 3.63) is 0 Å². The summed E-state index contributed by atoms with van der Waals surface area (Å²) in [6, 6.07) is 0.135. The minimum Gasteiger partial charge on any atom is -0.315 e. The van der Waals surface area contributed by atoms with Gasteiger partial charge in [0.25, 0.3) is 0 Å². The predicted molar refractivity (Wildman–Crippen MR) is 54.0 cm³/mol. The van der Waals surface area contributed by atoms with Gasteiger partial charge in [0.1, 0.15) is 0 Å². The van der Waals surface area contributed by atoms with E-state index < -0.39 is 0 Å². The zero-order valence-corrected chi connectivity index (χ0v) is 8.74. The van der Waals surface area contributed by atoms with E-state index in [2.05, 4.69) is 5.32 Å². The Morgan fingerprint density at radius 1 is 1.07 bits per heavy atom. The fourth-order valence-corrected chi connectivity index (χ4v) is 3.24. The van der Waals surface area contributed by atoms with Crippen LogP contribution in [-0.4, -0.2) is 35.8 Å². The van der Waals surface area contributed by atoms with Gasteiger partial charge >= 0.3 is 0 Å². The van der Waals surface area contributed by atoms with Crippen LogP contribution >= 0.6 is 0 Å². The SMILES string of the molecule is O=C1C2CCCC2C(=O)N1C1CCNC1. The van der Waals surface area contributed by atoms with E-state index in [1.807, 2.05) is 0 Å². The summed E-state index contributed by atoms with van der Waals surface area (Å²) in [5, 5.41) is 3.21. The average molecular weight is 208 g/mol. The Morgan fingerprint density at radius 2 is 1.73 bits per heavy atom. The van der Waals surface area contributed by atoms with Gasteiger partial charge in [0.05, 0.1) is 17.9 Å². The van der Waals surface area contributed by atoms with Gasteiger partial charge in [-0.1, -0.05) is 6.42 Å². The quantitative estimate of drug-likeness (QED) is 0.623. The highest BCUT2D eigenvalue weighted by Crippen LogP contribution is 2.40. The summed E-state index contributed by atoms with van der Waals surface area (Å²) in [7, 11) is 0. The molecule has 0 radical (unpaired) electrons. The Bertz CT molecular complexity index is 288. The summed E-state index contributed by atoms with van der Waals surface area (Å²) in [6.07, 6.45) is 3.82. The molecule has 0 aromatic carbocycles. The fourth-order valence-electron chi connectivity index (χ4n) is 3.24. The molecule has 3 atom stereocenters. The Kier molecular flexibility index (Phi) is 2.06. The van der Waals surface area contributed by atoms with Gasteiger partial charge in [-0.15, -0.1) is 0 Å². The standard InChI is InChI=1S/C11H16N2O2/c14-10-8-2-1-3-9(8)11(15)13(10)7-4-5-12-6-7/h7-9,12H,1-6H2. The molecule has 3 rings (SSSR count). The second-order valence-corrected chi connectivity index (χ2v) is 4.84. The molecule has 2 aliphatic heterocycles. The van der Waals surface area contributed by atoms with Gasteiger partial charge in [-0.25, -0.2) is 0 Å². The maximum absolute atomic E-state index is 12.1. The van der Waals surface area contributed by atoms with E-state index in [1.165, 1.54) is 0 Å². The number of nitrogens with one attached hydrogen (secondary N) is 1. The van der Waals surface area contributed by atoms with Crippen molar-refractivity contribution >= 4 is 11.8 Å². The summed E-state index contributed by atoms with van der Waals surface area (Å²) in [6.45, 7) is 1.72. The molecule has 1 N–H and O–H groups in total. The lowest BCUT2D eigenvalue weighted by Crippen LogP contribution is -2.42. The highest BCUT2D eigenvalue weighted by atomic mass is 16.2. The van der Waals surface area contributed by atoms with E-state index in [1.54, 1.807) is 4.90 Å². The lowest BCUT2D eigenvalue weighted by molar-refractivity contribution is -0.142. The molecule has 0 aromatic rings. The van der Waals surface area contributed by atoms with E-state index in [-0.39, 0.29) is 29.7 Å². The monoisotopic (exact) mass is 208 g/mol. The second-order valence-electron chi connectivity index (χ2n) is 4.84. The molecule has 1 saturated carbocycles. The van der Waals surface area contributed by atoms with Crippen LogP contribution in [0.15, 0.2) is 0 Å². The number of amides is 2. The molecule has 4 heteroatoms. The summed E-state index contributed by atoms with van der Waals surface area (Å²) < 4.78 is 0. The zero-order chi connectivity index (χ0) is 10.4. The van der Waals surface area contributed by atoms with Crippen molar-refractivity contribution in [1.82, 2.24) is 10.2 Å². The molecule has 0 spiro atoms. The molecule has 3 unspecified atom stereocenters. The summed E-state index contributed by atoms with van der Waals surface area (Å²) >= 11 is 0. The van der Waals surface area contributed by atoms with Crippen LogP contribution in [0.4, 0.5) is 0 Å². The van der Waals surface area contributed by atoms with Crippen molar-refractivity contribution in [1.29, 1.82) is 0 Å². The molecule has 4 nitrogen and oxygen atoms in total. The number of fused-ring (bicyclic) bond motifs is 1. The minimum absolute atomic E-state index is 0.0260. The lowest BCUT2D eigenvalue weighted by Gasteiger charge is -2.22. The van der Waals surface area contributed by atoms with Gasteiger partial charge in [-0.3, -0.25) is 14.5 Å². The Labute approximate surface area is 89.0 Å². The molecule has 2 amide bonds. The van der Waals surface area contributed by atoms with Gasteiger partial charge in [0.15, 0.2) is 0 Å². The van der Waals surface area contributed by atoms with Crippen LogP contribution in [0.2, 0.25) is 0 Å². The molecule has 1 aliphatic carbocycles. The Balaban J connectivity index is 1.84. The number of carbonyl (C=O) groups excluding carboxylic acids is 2. The third-order valence-corrected chi connectivity index (χ3v) is 4.02. The lowest BCUT2D eigenvalue weighted by atomic mass is 10.00. The van der Waals surface area contributed by atoms with Crippen molar-refractivity contribution in [2.45, 2.75) is 31.7 Å². The number of carbonyl (C=O) groups is 2. The largest absolute Gasteiger partial charge is 0.315 e.